The molecule has 3 aliphatic rings. The molecule has 10 heteroatoms. The fourth-order valence-electron chi connectivity index (χ4n) is 6.66. The van der Waals surface area contributed by atoms with Crippen molar-refractivity contribution in [3.05, 3.63) is 59.4 Å². The van der Waals surface area contributed by atoms with Gasteiger partial charge in [0.1, 0.15) is 17.5 Å². The number of nitrogens with zero attached hydrogens (tertiary/aromatic N) is 7. The van der Waals surface area contributed by atoms with Crippen LogP contribution in [0, 0.1) is 11.3 Å². The van der Waals surface area contributed by atoms with Crippen molar-refractivity contribution in [3.63, 3.8) is 0 Å². The van der Waals surface area contributed by atoms with Crippen LogP contribution >= 0.6 is 0 Å². The van der Waals surface area contributed by atoms with Crippen LogP contribution < -0.4 is 9.80 Å². The van der Waals surface area contributed by atoms with Gasteiger partial charge in [0.15, 0.2) is 0 Å². The number of morpholine rings is 1. The Labute approximate surface area is 260 Å². The number of nitriles is 1. The molecular formula is C34H43N7O3. The average Bonchev–Trinajstić information content (AvgIpc) is 2.99. The van der Waals surface area contributed by atoms with E-state index >= 15 is 0 Å². The zero-order valence-electron chi connectivity index (χ0n) is 26.5. The molecule has 0 spiro atoms. The summed E-state index contributed by atoms with van der Waals surface area (Å²) in [6, 6.07) is 12.5. The number of carbonyl (C=O) groups excluding carboxylic acids is 1. The highest BCUT2D eigenvalue weighted by Crippen LogP contribution is 2.31. The van der Waals surface area contributed by atoms with Crippen LogP contribution in [0.1, 0.15) is 51.3 Å². The molecule has 6 rings (SSSR count). The molecule has 3 aromatic rings. The van der Waals surface area contributed by atoms with Gasteiger partial charge in [-0.15, -0.1) is 0 Å². The second kappa shape index (κ2) is 12.2. The van der Waals surface area contributed by atoms with Gasteiger partial charge in [0, 0.05) is 75.3 Å². The Hall–Kier alpha value is -3.94. The van der Waals surface area contributed by atoms with Crippen LogP contribution in [-0.2, 0) is 22.4 Å². The van der Waals surface area contributed by atoms with E-state index in [1.54, 1.807) is 6.20 Å². The first-order valence-electron chi connectivity index (χ1n) is 15.7. The number of benzene rings is 1. The van der Waals surface area contributed by atoms with Gasteiger partial charge in [-0.05, 0) is 82.5 Å². The van der Waals surface area contributed by atoms with Gasteiger partial charge in [0.25, 0.3) is 0 Å². The van der Waals surface area contributed by atoms with Crippen LogP contribution in [0.5, 0.6) is 0 Å². The first-order valence-corrected chi connectivity index (χ1v) is 15.7. The smallest absolute Gasteiger partial charge is 0.410 e. The fraction of sp³-hybridized carbons (Fsp3) is 0.529. The number of hydrogen-bond acceptors (Lipinski definition) is 9. The Morgan fingerprint density at radius 3 is 2.61 bits per heavy atom. The number of amides is 1. The summed E-state index contributed by atoms with van der Waals surface area (Å²) in [5, 5.41) is 10.6. The van der Waals surface area contributed by atoms with Gasteiger partial charge < -0.3 is 24.2 Å². The summed E-state index contributed by atoms with van der Waals surface area (Å²) in [4.78, 5) is 31.1. The molecule has 2 fully saturated rings. The molecule has 0 bridgehead atoms. The minimum Gasteiger partial charge on any atom is -0.444 e. The highest BCUT2D eigenvalue weighted by atomic mass is 16.6. The number of rotatable bonds is 4. The van der Waals surface area contributed by atoms with Crippen LogP contribution in [0.25, 0.3) is 10.9 Å². The summed E-state index contributed by atoms with van der Waals surface area (Å²) in [6.07, 6.45) is 4.40. The molecule has 232 valence electrons. The van der Waals surface area contributed by atoms with Crippen LogP contribution in [0.3, 0.4) is 0 Å². The number of aromatic nitrogens is 2. The maximum atomic E-state index is 12.8. The van der Waals surface area contributed by atoms with Crippen molar-refractivity contribution in [2.75, 3.05) is 55.6 Å². The first-order chi connectivity index (χ1) is 21.1. The predicted octanol–water partition coefficient (Wildman–Crippen LogP) is 4.60. The number of hydrogen-bond donors (Lipinski definition) is 0. The Kier molecular flexibility index (Phi) is 8.36. The second-order valence-corrected chi connectivity index (χ2v) is 13.4. The lowest BCUT2D eigenvalue weighted by atomic mass is 9.96. The van der Waals surface area contributed by atoms with Crippen molar-refractivity contribution >= 4 is 28.5 Å². The van der Waals surface area contributed by atoms with E-state index in [1.807, 2.05) is 44.0 Å². The van der Waals surface area contributed by atoms with Crippen LogP contribution in [0.15, 0.2) is 42.7 Å². The number of piperazine rings is 1. The third-order valence-corrected chi connectivity index (χ3v) is 8.78. The Balaban J connectivity index is 1.06. The molecule has 3 aliphatic heterocycles. The average molecular weight is 598 g/mol. The van der Waals surface area contributed by atoms with Crippen molar-refractivity contribution in [2.45, 2.75) is 71.4 Å². The minimum absolute atomic E-state index is 0.0698. The molecule has 1 aromatic carbocycles. The van der Waals surface area contributed by atoms with E-state index in [0.29, 0.717) is 12.1 Å². The summed E-state index contributed by atoms with van der Waals surface area (Å²) < 4.78 is 12.1. The van der Waals surface area contributed by atoms with Gasteiger partial charge in [-0.25, -0.2) is 9.78 Å². The molecule has 10 nitrogen and oxygen atoms in total. The zero-order valence-corrected chi connectivity index (χ0v) is 26.5. The molecule has 0 saturated carbocycles. The Bertz CT molecular complexity index is 1560. The van der Waals surface area contributed by atoms with Gasteiger partial charge >= 0.3 is 6.09 Å². The summed E-state index contributed by atoms with van der Waals surface area (Å²) in [5.41, 5.74) is 4.31. The predicted molar refractivity (Wildman–Crippen MR) is 171 cm³/mol. The van der Waals surface area contributed by atoms with Crippen molar-refractivity contribution in [3.8, 4) is 6.07 Å². The van der Waals surface area contributed by atoms with E-state index in [1.165, 1.54) is 5.56 Å². The lowest BCUT2D eigenvalue weighted by Gasteiger charge is -2.42. The maximum absolute atomic E-state index is 12.8. The standard InChI is InChI=1S/C34H43N7O3/c1-23-15-26-16-31(37-18-27(26)20-41(23)33(42)44-34(3,4)5)39-13-11-38(12-14-39)21-28-22-40(19-24(2)43-28)30-9-8-25(17-35)32-29(30)7-6-10-36-32/h6-10,16,18,23-24,28H,11-15,19-22H2,1-5H3/t23?,24-,28+/m1/s1. The van der Waals surface area contributed by atoms with Crippen molar-refractivity contribution in [1.29, 1.82) is 5.26 Å². The van der Waals surface area contributed by atoms with Crippen molar-refractivity contribution in [2.24, 2.45) is 0 Å². The van der Waals surface area contributed by atoms with Gasteiger partial charge in [0.05, 0.1) is 29.8 Å². The molecule has 0 N–H and O–H groups in total. The molecule has 2 aromatic heterocycles. The minimum atomic E-state index is -0.514. The third-order valence-electron chi connectivity index (χ3n) is 8.78. The number of anilines is 2. The summed E-state index contributed by atoms with van der Waals surface area (Å²) >= 11 is 0. The highest BCUT2D eigenvalue weighted by Gasteiger charge is 2.32. The third kappa shape index (κ3) is 6.44. The van der Waals surface area contributed by atoms with Gasteiger partial charge in [-0.1, -0.05) is 0 Å². The monoisotopic (exact) mass is 597 g/mol. The van der Waals surface area contributed by atoms with Crippen LogP contribution in [0.2, 0.25) is 0 Å². The lowest BCUT2D eigenvalue weighted by Crippen LogP contribution is -2.54. The second-order valence-electron chi connectivity index (χ2n) is 13.4. The lowest BCUT2D eigenvalue weighted by molar-refractivity contribution is -0.0327. The molecule has 44 heavy (non-hydrogen) atoms. The summed E-state index contributed by atoms with van der Waals surface area (Å²) in [6.45, 7) is 16.6. The molecule has 1 amide bonds. The van der Waals surface area contributed by atoms with E-state index in [0.717, 1.165) is 80.2 Å². The molecule has 2 saturated heterocycles. The van der Waals surface area contributed by atoms with E-state index < -0.39 is 5.60 Å². The van der Waals surface area contributed by atoms with Crippen molar-refractivity contribution in [1.82, 2.24) is 19.8 Å². The number of ether oxygens (including phenoxy) is 2. The van der Waals surface area contributed by atoms with Crippen molar-refractivity contribution < 1.29 is 14.3 Å². The number of carbonyl (C=O) groups is 1. The highest BCUT2D eigenvalue weighted by molar-refractivity contribution is 5.95. The van der Waals surface area contributed by atoms with E-state index in [9.17, 15) is 10.1 Å². The quantitative estimate of drug-likeness (QED) is 0.427. The van der Waals surface area contributed by atoms with E-state index in [4.69, 9.17) is 14.5 Å². The Morgan fingerprint density at radius 1 is 1.07 bits per heavy atom. The largest absolute Gasteiger partial charge is 0.444 e. The molecule has 3 atom stereocenters. The fourth-order valence-corrected chi connectivity index (χ4v) is 6.66. The SMILES string of the molecule is CC1Cc2cc(N3CCN(C[C@H]4CN(c5ccc(C#N)c6ncccc56)C[C@@H](C)O4)CC3)ncc2CN1C(=O)OC(C)(C)C. The summed E-state index contributed by atoms with van der Waals surface area (Å²) in [7, 11) is 0. The van der Waals surface area contributed by atoms with Crippen LogP contribution in [0.4, 0.5) is 16.3 Å². The number of pyridine rings is 2. The molecule has 5 heterocycles. The zero-order chi connectivity index (χ0) is 31.0. The van der Waals surface area contributed by atoms with Crippen LogP contribution in [-0.4, -0.2) is 95.5 Å². The van der Waals surface area contributed by atoms with Gasteiger partial charge in [-0.3, -0.25) is 9.88 Å². The molecular weight excluding hydrogens is 554 g/mol. The van der Waals surface area contributed by atoms with Gasteiger partial charge in [-0.2, -0.15) is 5.26 Å². The maximum Gasteiger partial charge on any atom is 0.410 e. The van der Waals surface area contributed by atoms with Gasteiger partial charge in [0.2, 0.25) is 0 Å². The van der Waals surface area contributed by atoms with E-state index in [2.05, 4.69) is 57.8 Å². The van der Waals surface area contributed by atoms with E-state index in [-0.39, 0.29) is 24.3 Å². The Morgan fingerprint density at radius 2 is 1.86 bits per heavy atom. The molecule has 0 radical (unpaired) electrons. The normalized spacial score (nSPS) is 22.9. The summed E-state index contributed by atoms with van der Waals surface area (Å²) in [5.74, 6) is 1.01. The molecule has 1 unspecified atom stereocenters. The first kappa shape index (κ1) is 30.1. The molecule has 0 aliphatic carbocycles. The topological polar surface area (TPSA) is 98.1 Å². The number of fused-ring (bicyclic) bond motifs is 2.